The molecule has 0 radical (unpaired) electrons. The number of amides is 1. The van der Waals surface area contributed by atoms with Gasteiger partial charge >= 0.3 is 6.09 Å². The van der Waals surface area contributed by atoms with Gasteiger partial charge in [-0.05, 0) is 33.0 Å². The number of rotatable bonds is 2. The maximum Gasteiger partial charge on any atom is 0.410 e. The fraction of sp³-hybridized carbons (Fsp3) is 0.818. The van der Waals surface area contributed by atoms with Gasteiger partial charge in [-0.3, -0.25) is 0 Å². The van der Waals surface area contributed by atoms with Crippen molar-refractivity contribution in [3.05, 3.63) is 0 Å². The number of likely N-dealkylation sites (tertiary alicyclic amines) is 1. The molecule has 5 heteroatoms. The molecule has 1 aliphatic heterocycles. The highest BCUT2D eigenvalue weighted by Gasteiger charge is 2.26. The van der Waals surface area contributed by atoms with Gasteiger partial charge in [-0.15, -0.1) is 0 Å². The molecule has 1 amide bonds. The third kappa shape index (κ3) is 4.35. The molecule has 1 rings (SSSR count). The van der Waals surface area contributed by atoms with Crippen molar-refractivity contribution in [2.45, 2.75) is 45.3 Å². The fourth-order valence-corrected chi connectivity index (χ4v) is 1.74. The highest BCUT2D eigenvalue weighted by Crippen LogP contribution is 2.16. The van der Waals surface area contributed by atoms with E-state index in [0.29, 0.717) is 13.1 Å². The smallest absolute Gasteiger partial charge is 0.410 e. The van der Waals surface area contributed by atoms with Gasteiger partial charge in [0.25, 0.3) is 0 Å². The second kappa shape index (κ2) is 5.48. The van der Waals surface area contributed by atoms with Gasteiger partial charge in [-0.25, -0.2) is 4.79 Å². The van der Waals surface area contributed by atoms with E-state index in [1.165, 1.54) is 5.55 Å². The average molecular weight is 245 g/mol. The molecule has 0 unspecified atom stereocenters. The quantitative estimate of drug-likeness (QED) is 0.700. The van der Waals surface area contributed by atoms with Crippen LogP contribution in [0.5, 0.6) is 0 Å². The lowest BCUT2D eigenvalue weighted by Crippen LogP contribution is -2.43. The summed E-state index contributed by atoms with van der Waals surface area (Å²) < 4.78 is 10.5. The Balaban J connectivity index is 2.36. The monoisotopic (exact) mass is 245 g/mol. The van der Waals surface area contributed by atoms with E-state index in [1.807, 2.05) is 20.8 Å². The van der Waals surface area contributed by atoms with E-state index in [4.69, 9.17) is 9.47 Å². The highest BCUT2D eigenvalue weighted by molar-refractivity contribution is 7.78. The number of piperidine rings is 1. The molecule has 0 spiro atoms. The van der Waals surface area contributed by atoms with E-state index in [1.54, 1.807) is 4.90 Å². The average Bonchev–Trinajstić information content (AvgIpc) is 2.16. The summed E-state index contributed by atoms with van der Waals surface area (Å²) in [7, 11) is 0. The van der Waals surface area contributed by atoms with E-state index < -0.39 is 5.60 Å². The molecule has 0 atom stereocenters. The molecule has 1 saturated heterocycles. The van der Waals surface area contributed by atoms with Gasteiger partial charge in [-0.1, -0.05) is 0 Å². The first kappa shape index (κ1) is 13.2. The Morgan fingerprint density at radius 1 is 1.38 bits per heavy atom. The summed E-state index contributed by atoms with van der Waals surface area (Å²) in [5.41, 5.74) is 0.868. The standard InChI is InChI=1S/C11H19NO3S/c1-11(2,3)15-10(13)12-6-4-9(5-7-12)14-8-16/h8-9H,4-7H2,1-3H3. The number of hydrogen-bond donors (Lipinski definition) is 0. The predicted octanol–water partition coefficient (Wildman–Crippen LogP) is 2.36. The molecular weight excluding hydrogens is 226 g/mol. The predicted molar refractivity (Wildman–Crippen MR) is 65.6 cm³/mol. The normalized spacial score (nSPS) is 18.1. The van der Waals surface area contributed by atoms with Crippen LogP contribution < -0.4 is 0 Å². The molecule has 1 fully saturated rings. The van der Waals surface area contributed by atoms with Gasteiger partial charge in [0.2, 0.25) is 0 Å². The minimum atomic E-state index is -0.432. The van der Waals surface area contributed by atoms with Crippen molar-refractivity contribution in [3.63, 3.8) is 0 Å². The van der Waals surface area contributed by atoms with Crippen molar-refractivity contribution in [2.24, 2.45) is 0 Å². The summed E-state index contributed by atoms with van der Waals surface area (Å²) >= 11 is 4.63. The lowest BCUT2D eigenvalue weighted by Gasteiger charge is -2.32. The molecule has 0 saturated carbocycles. The summed E-state index contributed by atoms with van der Waals surface area (Å²) in [6.45, 7) is 6.94. The second-order valence-corrected chi connectivity index (χ2v) is 5.09. The first-order valence-electron chi connectivity index (χ1n) is 5.49. The van der Waals surface area contributed by atoms with Crippen LogP contribution in [-0.2, 0) is 9.47 Å². The molecule has 0 aromatic carbocycles. The van der Waals surface area contributed by atoms with Crippen LogP contribution >= 0.6 is 12.2 Å². The van der Waals surface area contributed by atoms with Crippen LogP contribution in [0.15, 0.2) is 0 Å². The molecular formula is C11H19NO3S. The Morgan fingerprint density at radius 3 is 2.38 bits per heavy atom. The number of thiocarbonyl (C=S) groups is 1. The summed E-state index contributed by atoms with van der Waals surface area (Å²) in [4.78, 5) is 13.4. The SMILES string of the molecule is CC(C)(C)OC(=O)N1CCC(OC=S)CC1. The highest BCUT2D eigenvalue weighted by atomic mass is 32.1. The van der Waals surface area contributed by atoms with Gasteiger partial charge in [-0.2, -0.15) is 0 Å². The third-order valence-electron chi connectivity index (χ3n) is 2.34. The maximum absolute atomic E-state index is 11.7. The Bertz CT molecular complexity index is 254. The van der Waals surface area contributed by atoms with Gasteiger partial charge in [0.15, 0.2) is 0 Å². The van der Waals surface area contributed by atoms with Gasteiger partial charge in [0, 0.05) is 25.9 Å². The van der Waals surface area contributed by atoms with Crippen molar-refractivity contribution in [1.82, 2.24) is 4.90 Å². The Kier molecular flexibility index (Phi) is 4.53. The molecule has 1 heterocycles. The van der Waals surface area contributed by atoms with Crippen molar-refractivity contribution < 1.29 is 14.3 Å². The number of nitrogens with zero attached hydrogens (tertiary/aromatic N) is 1. The Morgan fingerprint density at radius 2 is 1.94 bits per heavy atom. The zero-order chi connectivity index (χ0) is 12.2. The minimum absolute atomic E-state index is 0.149. The zero-order valence-electron chi connectivity index (χ0n) is 10.1. The molecule has 1 aliphatic rings. The number of hydrogen-bond acceptors (Lipinski definition) is 4. The molecule has 0 aliphatic carbocycles. The van der Waals surface area contributed by atoms with Crippen LogP contribution in [0.1, 0.15) is 33.6 Å². The number of carbonyl (C=O) groups is 1. The van der Waals surface area contributed by atoms with Crippen molar-refractivity contribution >= 4 is 23.9 Å². The van der Waals surface area contributed by atoms with Crippen LogP contribution in [0.25, 0.3) is 0 Å². The Hall–Kier alpha value is -0.840. The number of carbonyl (C=O) groups excluding carboxylic acids is 1. The van der Waals surface area contributed by atoms with E-state index in [0.717, 1.165) is 12.8 Å². The molecule has 16 heavy (non-hydrogen) atoms. The van der Waals surface area contributed by atoms with Gasteiger partial charge in [0.05, 0.1) is 0 Å². The van der Waals surface area contributed by atoms with Crippen molar-refractivity contribution in [2.75, 3.05) is 13.1 Å². The molecule has 4 nitrogen and oxygen atoms in total. The number of ether oxygens (including phenoxy) is 2. The molecule has 0 aromatic rings. The summed E-state index contributed by atoms with van der Waals surface area (Å²) in [5, 5.41) is 0. The van der Waals surface area contributed by atoms with Crippen molar-refractivity contribution in [1.29, 1.82) is 0 Å². The molecule has 0 bridgehead atoms. The van der Waals surface area contributed by atoms with Crippen LogP contribution in [-0.4, -0.2) is 41.3 Å². The zero-order valence-corrected chi connectivity index (χ0v) is 10.9. The largest absolute Gasteiger partial charge is 0.487 e. The lowest BCUT2D eigenvalue weighted by atomic mass is 10.1. The van der Waals surface area contributed by atoms with E-state index in [2.05, 4.69) is 12.2 Å². The van der Waals surface area contributed by atoms with E-state index >= 15 is 0 Å². The Labute approximate surface area is 102 Å². The molecule has 0 aromatic heterocycles. The van der Waals surface area contributed by atoms with Gasteiger partial charge < -0.3 is 14.4 Å². The summed E-state index contributed by atoms with van der Waals surface area (Å²) in [6, 6.07) is 0. The van der Waals surface area contributed by atoms with Crippen LogP contribution in [0, 0.1) is 0 Å². The maximum atomic E-state index is 11.7. The minimum Gasteiger partial charge on any atom is -0.487 e. The van der Waals surface area contributed by atoms with Crippen molar-refractivity contribution in [3.8, 4) is 0 Å². The first-order valence-corrected chi connectivity index (χ1v) is 5.96. The summed E-state index contributed by atoms with van der Waals surface area (Å²) in [6.07, 6.45) is 1.53. The topological polar surface area (TPSA) is 38.8 Å². The van der Waals surface area contributed by atoms with Gasteiger partial charge in [0.1, 0.15) is 17.3 Å². The first-order chi connectivity index (χ1) is 7.42. The summed E-state index contributed by atoms with van der Waals surface area (Å²) in [5.74, 6) is 0. The van der Waals surface area contributed by atoms with E-state index in [9.17, 15) is 4.79 Å². The van der Waals surface area contributed by atoms with Crippen LogP contribution in [0.2, 0.25) is 0 Å². The fourth-order valence-electron chi connectivity index (χ4n) is 1.58. The lowest BCUT2D eigenvalue weighted by molar-refractivity contribution is 0.0124. The molecule has 0 N–H and O–H groups in total. The third-order valence-corrected chi connectivity index (χ3v) is 2.45. The van der Waals surface area contributed by atoms with E-state index in [-0.39, 0.29) is 12.2 Å². The van der Waals surface area contributed by atoms with Crippen LogP contribution in [0.3, 0.4) is 0 Å². The molecule has 92 valence electrons. The second-order valence-electron chi connectivity index (χ2n) is 4.90. The van der Waals surface area contributed by atoms with Crippen LogP contribution in [0.4, 0.5) is 4.79 Å².